The van der Waals surface area contributed by atoms with Gasteiger partial charge in [-0.25, -0.2) is 9.97 Å². The molecule has 1 heterocycles. The van der Waals surface area contributed by atoms with Gasteiger partial charge in [-0.1, -0.05) is 0 Å². The second-order valence-corrected chi connectivity index (χ2v) is 3.67. The summed E-state index contributed by atoms with van der Waals surface area (Å²) in [7, 11) is 1.50. The van der Waals surface area contributed by atoms with Crippen LogP contribution in [0.1, 0.15) is 12.6 Å². The number of hydrogen-bond donors (Lipinski definition) is 1. The number of nitrogens with zero attached hydrogens (tertiary/aromatic N) is 2. The fraction of sp³-hybridized carbons (Fsp3) is 0.556. The van der Waals surface area contributed by atoms with E-state index in [0.717, 1.165) is 6.07 Å². The zero-order valence-electron chi connectivity index (χ0n) is 9.18. The van der Waals surface area contributed by atoms with Crippen molar-refractivity contribution in [3.05, 3.63) is 17.0 Å². The number of ether oxygens (including phenoxy) is 1. The number of aromatic nitrogens is 2. The van der Waals surface area contributed by atoms with Crippen LogP contribution in [0.5, 0.6) is 0 Å². The topological polar surface area (TPSA) is 47.0 Å². The summed E-state index contributed by atoms with van der Waals surface area (Å²) < 4.78 is 42.2. The van der Waals surface area contributed by atoms with E-state index >= 15 is 0 Å². The van der Waals surface area contributed by atoms with E-state index < -0.39 is 17.2 Å². The lowest BCUT2D eigenvalue weighted by atomic mass is 10.3. The van der Waals surface area contributed by atoms with Crippen molar-refractivity contribution in [1.29, 1.82) is 0 Å². The predicted molar refractivity (Wildman–Crippen MR) is 57.0 cm³/mol. The molecule has 1 rings (SSSR count). The van der Waals surface area contributed by atoms with Gasteiger partial charge in [-0.2, -0.15) is 13.2 Å². The normalized spacial score (nSPS) is 13.5. The van der Waals surface area contributed by atoms with E-state index in [4.69, 9.17) is 16.3 Å². The minimum absolute atomic E-state index is 0.0150. The molecule has 17 heavy (non-hydrogen) atoms. The number of rotatable bonds is 4. The molecule has 0 saturated carbocycles. The molecule has 0 amide bonds. The van der Waals surface area contributed by atoms with Crippen molar-refractivity contribution in [2.24, 2.45) is 0 Å². The summed E-state index contributed by atoms with van der Waals surface area (Å²) in [6.07, 6.45) is -4.70. The molecule has 0 saturated heterocycles. The van der Waals surface area contributed by atoms with E-state index in [1.54, 1.807) is 6.92 Å². The quantitative estimate of drug-likeness (QED) is 0.854. The lowest BCUT2D eigenvalue weighted by molar-refractivity contribution is -0.141. The van der Waals surface area contributed by atoms with Gasteiger partial charge in [0.2, 0.25) is 5.28 Å². The van der Waals surface area contributed by atoms with E-state index in [1.807, 2.05) is 0 Å². The van der Waals surface area contributed by atoms with E-state index in [-0.39, 0.29) is 11.9 Å². The molecule has 1 atom stereocenters. The molecular weight excluding hydrogens is 259 g/mol. The highest BCUT2D eigenvalue weighted by Gasteiger charge is 2.33. The Kier molecular flexibility index (Phi) is 4.53. The minimum Gasteiger partial charge on any atom is -0.380 e. The predicted octanol–water partition coefficient (Wildman–Crippen LogP) is 2.60. The van der Waals surface area contributed by atoms with Gasteiger partial charge in [0.25, 0.3) is 0 Å². The summed E-state index contributed by atoms with van der Waals surface area (Å²) in [5, 5.41) is 2.24. The summed E-state index contributed by atoms with van der Waals surface area (Å²) in [4.78, 5) is 6.75. The summed E-state index contributed by atoms with van der Waals surface area (Å²) in [5.41, 5.74) is -1.08. The van der Waals surface area contributed by atoms with Crippen molar-refractivity contribution in [1.82, 2.24) is 9.97 Å². The molecule has 0 aliphatic carbocycles. The van der Waals surface area contributed by atoms with Crippen LogP contribution in [0.4, 0.5) is 19.0 Å². The molecule has 0 spiro atoms. The molecule has 0 aliphatic heterocycles. The maximum atomic E-state index is 12.4. The van der Waals surface area contributed by atoms with Crippen molar-refractivity contribution in [2.45, 2.75) is 19.2 Å². The maximum absolute atomic E-state index is 12.4. The number of halogens is 4. The highest BCUT2D eigenvalue weighted by atomic mass is 35.5. The Labute approximate surface area is 101 Å². The Morgan fingerprint density at radius 2 is 2.12 bits per heavy atom. The van der Waals surface area contributed by atoms with Crippen LogP contribution in [0, 0.1) is 0 Å². The number of nitrogens with one attached hydrogen (secondary N) is 1. The third-order valence-electron chi connectivity index (χ3n) is 1.96. The molecule has 0 aromatic carbocycles. The second-order valence-electron chi connectivity index (χ2n) is 3.33. The van der Waals surface area contributed by atoms with E-state index in [1.165, 1.54) is 7.11 Å². The van der Waals surface area contributed by atoms with Crippen LogP contribution in [0.3, 0.4) is 0 Å². The smallest absolute Gasteiger partial charge is 0.380 e. The summed E-state index contributed by atoms with van der Waals surface area (Å²) in [6, 6.07) is 0.800. The van der Waals surface area contributed by atoms with Gasteiger partial charge in [0.1, 0.15) is 5.82 Å². The van der Waals surface area contributed by atoms with Gasteiger partial charge in [0.05, 0.1) is 6.10 Å². The highest BCUT2D eigenvalue weighted by Crippen LogP contribution is 2.29. The average Bonchev–Trinajstić information content (AvgIpc) is 2.24. The van der Waals surface area contributed by atoms with Crippen LogP contribution in [0.25, 0.3) is 0 Å². The van der Waals surface area contributed by atoms with Crippen molar-refractivity contribution in [2.75, 3.05) is 19.0 Å². The van der Waals surface area contributed by atoms with Gasteiger partial charge in [0.15, 0.2) is 5.69 Å². The molecule has 0 fully saturated rings. The lowest BCUT2D eigenvalue weighted by Crippen LogP contribution is -2.19. The molecule has 96 valence electrons. The van der Waals surface area contributed by atoms with Crippen LogP contribution < -0.4 is 5.32 Å². The van der Waals surface area contributed by atoms with Gasteiger partial charge in [-0.15, -0.1) is 0 Å². The monoisotopic (exact) mass is 269 g/mol. The second kappa shape index (κ2) is 5.50. The molecule has 4 nitrogen and oxygen atoms in total. The summed E-state index contributed by atoms with van der Waals surface area (Å²) in [6.45, 7) is 2.08. The zero-order valence-corrected chi connectivity index (χ0v) is 9.93. The van der Waals surface area contributed by atoms with E-state index in [0.29, 0.717) is 6.54 Å². The van der Waals surface area contributed by atoms with Gasteiger partial charge >= 0.3 is 6.18 Å². The highest BCUT2D eigenvalue weighted by molar-refractivity contribution is 6.28. The van der Waals surface area contributed by atoms with E-state index in [2.05, 4.69) is 15.3 Å². The number of anilines is 1. The molecule has 0 radical (unpaired) electrons. The van der Waals surface area contributed by atoms with Crippen LogP contribution in [-0.2, 0) is 10.9 Å². The Hall–Kier alpha value is -1.08. The first-order valence-corrected chi connectivity index (χ1v) is 5.09. The van der Waals surface area contributed by atoms with Crippen molar-refractivity contribution >= 4 is 17.4 Å². The third kappa shape index (κ3) is 4.35. The zero-order chi connectivity index (χ0) is 13.1. The summed E-state index contributed by atoms with van der Waals surface area (Å²) in [5.74, 6) is 0.0150. The molecule has 1 unspecified atom stereocenters. The lowest BCUT2D eigenvalue weighted by Gasteiger charge is -2.12. The van der Waals surface area contributed by atoms with Crippen LogP contribution in [-0.4, -0.2) is 29.7 Å². The Balaban J connectivity index is 2.83. The van der Waals surface area contributed by atoms with Crippen LogP contribution in [0.2, 0.25) is 5.28 Å². The first kappa shape index (κ1) is 14.0. The van der Waals surface area contributed by atoms with Gasteiger partial charge in [-0.05, 0) is 18.5 Å². The number of alkyl halides is 3. The molecule has 1 N–H and O–H groups in total. The first-order chi connectivity index (χ1) is 7.82. The number of methoxy groups -OCH3 is 1. The van der Waals surface area contributed by atoms with Crippen LogP contribution in [0.15, 0.2) is 6.07 Å². The molecule has 1 aromatic rings. The fourth-order valence-electron chi connectivity index (χ4n) is 0.985. The SMILES string of the molecule is COC(C)CNc1cc(C(F)(F)F)nc(Cl)n1. The van der Waals surface area contributed by atoms with Gasteiger partial charge < -0.3 is 10.1 Å². The van der Waals surface area contributed by atoms with E-state index in [9.17, 15) is 13.2 Å². The van der Waals surface area contributed by atoms with Gasteiger partial charge in [0, 0.05) is 19.7 Å². The molecule has 0 aliphatic rings. The van der Waals surface area contributed by atoms with Gasteiger partial charge in [-0.3, -0.25) is 0 Å². The molecular formula is C9H11ClF3N3O. The molecule has 1 aromatic heterocycles. The average molecular weight is 270 g/mol. The van der Waals surface area contributed by atoms with Crippen LogP contribution >= 0.6 is 11.6 Å². The molecule has 8 heteroatoms. The van der Waals surface area contributed by atoms with Crippen molar-refractivity contribution in [3.63, 3.8) is 0 Å². The van der Waals surface area contributed by atoms with Crippen molar-refractivity contribution < 1.29 is 17.9 Å². The third-order valence-corrected chi connectivity index (χ3v) is 2.13. The molecule has 0 bridgehead atoms. The number of hydrogen-bond acceptors (Lipinski definition) is 4. The Bertz CT molecular complexity index is 386. The largest absolute Gasteiger partial charge is 0.433 e. The maximum Gasteiger partial charge on any atom is 0.433 e. The standard InChI is InChI=1S/C9H11ClF3N3O/c1-5(17-2)4-14-7-3-6(9(11,12)13)15-8(10)16-7/h3,5H,4H2,1-2H3,(H,14,15,16). The fourth-order valence-corrected chi connectivity index (χ4v) is 1.17. The Morgan fingerprint density at radius 3 is 2.65 bits per heavy atom. The van der Waals surface area contributed by atoms with Crippen molar-refractivity contribution in [3.8, 4) is 0 Å². The first-order valence-electron chi connectivity index (χ1n) is 4.71. The Morgan fingerprint density at radius 1 is 1.47 bits per heavy atom. The minimum atomic E-state index is -4.55. The summed E-state index contributed by atoms with van der Waals surface area (Å²) >= 11 is 5.41.